The van der Waals surface area contributed by atoms with Gasteiger partial charge in [0.15, 0.2) is 0 Å². The Kier molecular flexibility index (Phi) is 3.92. The van der Waals surface area contributed by atoms with Gasteiger partial charge >= 0.3 is 0 Å². The first-order valence-electron chi connectivity index (χ1n) is 6.08. The first kappa shape index (κ1) is 13.0. The van der Waals surface area contributed by atoms with Gasteiger partial charge < -0.3 is 9.88 Å². The number of nitrogens with one attached hydrogen (secondary N) is 1. The number of hydrogen-bond donors (Lipinski definition) is 1. The predicted molar refractivity (Wildman–Crippen MR) is 76.1 cm³/mol. The minimum Gasteiger partial charge on any atom is -0.378 e. The third-order valence-corrected chi connectivity index (χ3v) is 3.41. The van der Waals surface area contributed by atoms with Crippen LogP contribution >= 0.6 is 11.6 Å². The molecule has 4 heteroatoms. The Morgan fingerprint density at radius 1 is 1.28 bits per heavy atom. The quantitative estimate of drug-likeness (QED) is 0.909. The van der Waals surface area contributed by atoms with Crippen LogP contribution in [0.4, 0.5) is 5.69 Å². The lowest BCUT2D eigenvalue weighted by Crippen LogP contribution is -2.06. The molecule has 96 valence electrons. The van der Waals surface area contributed by atoms with Gasteiger partial charge in [0.2, 0.25) is 0 Å². The van der Waals surface area contributed by atoms with E-state index in [1.807, 2.05) is 11.6 Å². The highest BCUT2D eigenvalue weighted by molar-refractivity contribution is 6.29. The van der Waals surface area contributed by atoms with Crippen LogP contribution in [0.3, 0.4) is 0 Å². The highest BCUT2D eigenvalue weighted by atomic mass is 35.5. The van der Waals surface area contributed by atoms with E-state index in [0.717, 1.165) is 11.5 Å². The van der Waals surface area contributed by atoms with Crippen LogP contribution in [0.2, 0.25) is 5.15 Å². The number of aromatic nitrogens is 2. The average Bonchev–Trinajstić information content (AvgIpc) is 2.68. The number of halogens is 1. The molecule has 0 fully saturated rings. The van der Waals surface area contributed by atoms with E-state index >= 15 is 0 Å². The molecule has 0 saturated heterocycles. The van der Waals surface area contributed by atoms with Crippen molar-refractivity contribution in [3.63, 3.8) is 0 Å². The van der Waals surface area contributed by atoms with Crippen molar-refractivity contribution < 1.29 is 0 Å². The van der Waals surface area contributed by atoms with Crippen molar-refractivity contribution in [1.82, 2.24) is 9.55 Å². The highest BCUT2D eigenvalue weighted by Gasteiger charge is 2.04. The van der Waals surface area contributed by atoms with Crippen molar-refractivity contribution in [2.24, 2.45) is 7.05 Å². The zero-order valence-corrected chi connectivity index (χ0v) is 11.7. The molecule has 1 aromatic carbocycles. The molecule has 0 aliphatic rings. The van der Waals surface area contributed by atoms with Crippen LogP contribution in [-0.4, -0.2) is 9.55 Å². The van der Waals surface area contributed by atoms with Gasteiger partial charge in [0.25, 0.3) is 0 Å². The lowest BCUT2D eigenvalue weighted by Gasteiger charge is -2.09. The minimum absolute atomic E-state index is 0.562. The molecule has 1 N–H and O–H groups in total. The molecule has 0 unspecified atom stereocenters. The molecule has 0 saturated carbocycles. The van der Waals surface area contributed by atoms with Gasteiger partial charge in [-0.1, -0.05) is 37.6 Å². The number of benzene rings is 1. The molecule has 1 aromatic heterocycles. The van der Waals surface area contributed by atoms with E-state index in [2.05, 4.69) is 48.4 Å². The second-order valence-electron chi connectivity index (χ2n) is 4.69. The number of nitrogens with zero attached hydrogens (tertiary/aromatic N) is 2. The highest BCUT2D eigenvalue weighted by Crippen LogP contribution is 2.18. The molecule has 2 rings (SSSR count). The maximum atomic E-state index is 5.94. The second kappa shape index (κ2) is 5.44. The standard InChI is InChI=1S/C14H18ClN3/c1-10(2)11-4-6-12(7-5-11)16-9-14-17-8-13(15)18(14)3/h4-8,10,16H,9H2,1-3H3. The summed E-state index contributed by atoms with van der Waals surface area (Å²) in [6.07, 6.45) is 1.67. The number of imidazole rings is 1. The number of hydrogen-bond acceptors (Lipinski definition) is 2. The fourth-order valence-corrected chi connectivity index (χ4v) is 1.90. The maximum absolute atomic E-state index is 5.94. The molecular formula is C14H18ClN3. The zero-order chi connectivity index (χ0) is 13.1. The summed E-state index contributed by atoms with van der Waals surface area (Å²) < 4.78 is 1.87. The van der Waals surface area contributed by atoms with Crippen molar-refractivity contribution in [2.45, 2.75) is 26.3 Å². The molecule has 18 heavy (non-hydrogen) atoms. The van der Waals surface area contributed by atoms with Crippen molar-refractivity contribution in [1.29, 1.82) is 0 Å². The van der Waals surface area contributed by atoms with E-state index in [0.29, 0.717) is 17.6 Å². The Labute approximate surface area is 113 Å². The summed E-state index contributed by atoms with van der Waals surface area (Å²) in [7, 11) is 1.91. The lowest BCUT2D eigenvalue weighted by atomic mass is 10.0. The van der Waals surface area contributed by atoms with Crippen LogP contribution in [0.5, 0.6) is 0 Å². The van der Waals surface area contributed by atoms with Crippen LogP contribution < -0.4 is 5.32 Å². The molecule has 1 heterocycles. The van der Waals surface area contributed by atoms with Crippen LogP contribution in [0, 0.1) is 0 Å². The summed E-state index contributed by atoms with van der Waals surface area (Å²) in [5.74, 6) is 1.49. The average molecular weight is 264 g/mol. The Hall–Kier alpha value is -1.48. The van der Waals surface area contributed by atoms with Gasteiger partial charge in [0, 0.05) is 12.7 Å². The molecule has 0 radical (unpaired) electrons. The third kappa shape index (κ3) is 2.85. The molecule has 0 spiro atoms. The molecule has 0 aliphatic heterocycles. The molecule has 0 atom stereocenters. The van der Waals surface area contributed by atoms with E-state index < -0.39 is 0 Å². The molecule has 0 amide bonds. The van der Waals surface area contributed by atoms with E-state index in [1.165, 1.54) is 5.56 Å². The van der Waals surface area contributed by atoms with Crippen LogP contribution in [-0.2, 0) is 13.6 Å². The van der Waals surface area contributed by atoms with Gasteiger partial charge in [-0.2, -0.15) is 0 Å². The molecule has 3 nitrogen and oxygen atoms in total. The Bertz CT molecular complexity index is 514. The second-order valence-corrected chi connectivity index (χ2v) is 5.07. The normalized spacial score (nSPS) is 10.9. The number of anilines is 1. The van der Waals surface area contributed by atoms with Crippen LogP contribution in [0.1, 0.15) is 31.2 Å². The van der Waals surface area contributed by atoms with Gasteiger partial charge in [-0.3, -0.25) is 0 Å². The van der Waals surface area contributed by atoms with Gasteiger partial charge in [0.1, 0.15) is 11.0 Å². The maximum Gasteiger partial charge on any atom is 0.128 e. The SMILES string of the molecule is CC(C)c1ccc(NCc2ncc(Cl)n2C)cc1. The Balaban J connectivity index is 2.00. The van der Waals surface area contributed by atoms with E-state index in [-0.39, 0.29) is 0 Å². The number of rotatable bonds is 4. The van der Waals surface area contributed by atoms with Gasteiger partial charge in [0.05, 0.1) is 12.7 Å². The van der Waals surface area contributed by atoms with E-state index in [9.17, 15) is 0 Å². The zero-order valence-electron chi connectivity index (χ0n) is 10.9. The Morgan fingerprint density at radius 3 is 2.44 bits per heavy atom. The summed E-state index contributed by atoms with van der Waals surface area (Å²) in [5, 5.41) is 3.99. The van der Waals surface area contributed by atoms with Gasteiger partial charge in [-0.15, -0.1) is 0 Å². The fraction of sp³-hybridized carbons (Fsp3) is 0.357. The first-order chi connectivity index (χ1) is 8.58. The van der Waals surface area contributed by atoms with Crippen LogP contribution in [0.15, 0.2) is 30.5 Å². The Morgan fingerprint density at radius 2 is 1.94 bits per heavy atom. The van der Waals surface area contributed by atoms with Crippen LogP contribution in [0.25, 0.3) is 0 Å². The summed E-state index contributed by atoms with van der Waals surface area (Å²) in [4.78, 5) is 4.24. The summed E-state index contributed by atoms with van der Waals surface area (Å²) in [6, 6.07) is 8.50. The molecule has 0 bridgehead atoms. The molecule has 2 aromatic rings. The lowest BCUT2D eigenvalue weighted by molar-refractivity contribution is 0.813. The van der Waals surface area contributed by atoms with Crippen molar-refractivity contribution in [3.8, 4) is 0 Å². The smallest absolute Gasteiger partial charge is 0.128 e. The van der Waals surface area contributed by atoms with E-state index in [1.54, 1.807) is 6.20 Å². The first-order valence-corrected chi connectivity index (χ1v) is 6.45. The van der Waals surface area contributed by atoms with Crippen molar-refractivity contribution in [3.05, 3.63) is 47.0 Å². The van der Waals surface area contributed by atoms with Gasteiger partial charge in [-0.25, -0.2) is 4.98 Å². The van der Waals surface area contributed by atoms with Crippen molar-refractivity contribution in [2.75, 3.05) is 5.32 Å². The van der Waals surface area contributed by atoms with Crippen molar-refractivity contribution >= 4 is 17.3 Å². The van der Waals surface area contributed by atoms with E-state index in [4.69, 9.17) is 11.6 Å². The minimum atomic E-state index is 0.562. The summed E-state index contributed by atoms with van der Waals surface area (Å²) >= 11 is 5.94. The molecular weight excluding hydrogens is 246 g/mol. The van der Waals surface area contributed by atoms with Gasteiger partial charge in [-0.05, 0) is 23.6 Å². The monoisotopic (exact) mass is 263 g/mol. The summed E-state index contributed by atoms with van der Waals surface area (Å²) in [6.45, 7) is 5.06. The largest absolute Gasteiger partial charge is 0.378 e. The topological polar surface area (TPSA) is 29.9 Å². The third-order valence-electron chi connectivity index (χ3n) is 3.06. The summed E-state index contributed by atoms with van der Waals surface area (Å²) in [5.41, 5.74) is 2.44. The molecule has 0 aliphatic carbocycles. The fourth-order valence-electron chi connectivity index (χ4n) is 1.76. The predicted octanol–water partition coefficient (Wildman–Crippen LogP) is 3.81.